The molecule has 168 valence electrons. The van der Waals surface area contributed by atoms with Gasteiger partial charge in [0.2, 0.25) is 5.91 Å². The molecule has 1 aliphatic carbocycles. The Bertz CT molecular complexity index is 1120. The molecule has 0 atom stereocenters. The van der Waals surface area contributed by atoms with Gasteiger partial charge in [0.25, 0.3) is 11.7 Å². The van der Waals surface area contributed by atoms with E-state index < -0.39 is 0 Å². The number of nitrogens with zero attached hydrogens (tertiary/aromatic N) is 5. The molecule has 0 saturated heterocycles. The van der Waals surface area contributed by atoms with Crippen molar-refractivity contribution in [2.75, 3.05) is 12.4 Å². The fourth-order valence-corrected chi connectivity index (χ4v) is 4.51. The van der Waals surface area contributed by atoms with E-state index in [1.807, 2.05) is 25.8 Å². The lowest BCUT2D eigenvalue weighted by atomic mass is 9.94. The minimum atomic E-state index is -0.0825. The minimum absolute atomic E-state index is 0.0386. The van der Waals surface area contributed by atoms with Crippen LogP contribution in [0.15, 0.2) is 30.6 Å². The lowest BCUT2D eigenvalue weighted by molar-refractivity contribution is -0.116. The number of aromatic nitrogens is 4. The van der Waals surface area contributed by atoms with Gasteiger partial charge >= 0.3 is 0 Å². The number of benzene rings is 1. The van der Waals surface area contributed by atoms with Gasteiger partial charge in [-0.2, -0.15) is 10.1 Å². The highest BCUT2D eigenvalue weighted by molar-refractivity contribution is 5.96. The van der Waals surface area contributed by atoms with Gasteiger partial charge in [0.1, 0.15) is 6.33 Å². The molecule has 3 aromatic rings. The fraction of sp³-hybridized carbons (Fsp3) is 0.458. The predicted molar refractivity (Wildman–Crippen MR) is 123 cm³/mol. The molecule has 1 aromatic carbocycles. The van der Waals surface area contributed by atoms with Crippen molar-refractivity contribution < 1.29 is 9.59 Å². The summed E-state index contributed by atoms with van der Waals surface area (Å²) in [7, 11) is 1.89. The molecule has 1 aliphatic rings. The van der Waals surface area contributed by atoms with Gasteiger partial charge in [-0.3, -0.25) is 9.59 Å². The zero-order valence-corrected chi connectivity index (χ0v) is 19.0. The highest BCUT2D eigenvalue weighted by atomic mass is 16.2. The summed E-state index contributed by atoms with van der Waals surface area (Å²) in [6, 6.07) is 7.48. The van der Waals surface area contributed by atoms with Gasteiger partial charge in [0.15, 0.2) is 0 Å². The molecule has 0 aliphatic heterocycles. The summed E-state index contributed by atoms with van der Waals surface area (Å²) in [5.41, 5.74) is 4.15. The van der Waals surface area contributed by atoms with Crippen LogP contribution in [-0.4, -0.2) is 49.4 Å². The SMILES string of the molecule is Cc1nc2ncnn2c(C)c1CCC(=O)Nc1ccc(C(=O)N(C)C2CCCCC2)cc1. The van der Waals surface area contributed by atoms with Gasteiger partial charge in [-0.1, -0.05) is 19.3 Å². The molecule has 1 saturated carbocycles. The Kier molecular flexibility index (Phi) is 6.48. The number of hydrogen-bond donors (Lipinski definition) is 1. The monoisotopic (exact) mass is 434 g/mol. The van der Waals surface area contributed by atoms with Crippen molar-refractivity contribution in [1.82, 2.24) is 24.5 Å². The lowest BCUT2D eigenvalue weighted by Gasteiger charge is -2.31. The number of amides is 2. The van der Waals surface area contributed by atoms with Gasteiger partial charge in [0.05, 0.1) is 0 Å². The average Bonchev–Trinajstić information content (AvgIpc) is 3.27. The molecule has 0 spiro atoms. The van der Waals surface area contributed by atoms with Crippen molar-refractivity contribution in [2.24, 2.45) is 0 Å². The van der Waals surface area contributed by atoms with Gasteiger partial charge in [-0.25, -0.2) is 9.50 Å². The van der Waals surface area contributed by atoms with E-state index in [0.717, 1.165) is 29.8 Å². The molecule has 1 fully saturated rings. The van der Waals surface area contributed by atoms with Crippen LogP contribution in [0.1, 0.15) is 65.8 Å². The number of carbonyl (C=O) groups excluding carboxylic acids is 2. The number of rotatable bonds is 6. The van der Waals surface area contributed by atoms with E-state index in [1.165, 1.54) is 25.6 Å². The molecule has 2 amide bonds. The summed E-state index contributed by atoms with van der Waals surface area (Å²) in [6.07, 6.45) is 8.17. The third-order valence-corrected chi connectivity index (χ3v) is 6.45. The highest BCUT2D eigenvalue weighted by Gasteiger charge is 2.23. The Hall–Kier alpha value is -3.29. The van der Waals surface area contributed by atoms with Crippen LogP contribution in [0.2, 0.25) is 0 Å². The van der Waals surface area contributed by atoms with Gasteiger partial charge in [-0.05, 0) is 62.9 Å². The minimum Gasteiger partial charge on any atom is -0.339 e. The Morgan fingerprint density at radius 1 is 1.12 bits per heavy atom. The molecule has 4 rings (SSSR count). The predicted octanol–water partition coefficient (Wildman–Crippen LogP) is 3.72. The quantitative estimate of drug-likeness (QED) is 0.638. The van der Waals surface area contributed by atoms with Crippen molar-refractivity contribution >= 4 is 23.3 Å². The Morgan fingerprint density at radius 2 is 1.84 bits per heavy atom. The standard InChI is InChI=1S/C24H30N6O2/c1-16-21(17(2)30-24(27-16)25-15-26-30)13-14-22(31)28-19-11-9-18(10-12-19)23(32)29(3)20-7-5-4-6-8-20/h9-12,15,20H,4-8,13-14H2,1-3H3,(H,28,31). The topological polar surface area (TPSA) is 92.5 Å². The van der Waals surface area contributed by atoms with Gasteiger partial charge < -0.3 is 10.2 Å². The van der Waals surface area contributed by atoms with E-state index in [-0.39, 0.29) is 11.8 Å². The van der Waals surface area contributed by atoms with E-state index in [2.05, 4.69) is 20.4 Å². The third kappa shape index (κ3) is 4.64. The van der Waals surface area contributed by atoms with Crippen molar-refractivity contribution in [3.05, 3.63) is 53.1 Å². The van der Waals surface area contributed by atoms with Crippen LogP contribution in [0, 0.1) is 13.8 Å². The largest absolute Gasteiger partial charge is 0.339 e. The van der Waals surface area contributed by atoms with Crippen molar-refractivity contribution in [2.45, 2.75) is 64.8 Å². The van der Waals surface area contributed by atoms with Crippen LogP contribution in [-0.2, 0) is 11.2 Å². The molecule has 2 heterocycles. The van der Waals surface area contributed by atoms with Gasteiger partial charge in [-0.15, -0.1) is 0 Å². The smallest absolute Gasteiger partial charge is 0.253 e. The maximum absolute atomic E-state index is 12.8. The van der Waals surface area contributed by atoms with E-state index in [0.29, 0.717) is 35.9 Å². The average molecular weight is 435 g/mol. The molecule has 32 heavy (non-hydrogen) atoms. The van der Waals surface area contributed by atoms with Gasteiger partial charge in [0, 0.05) is 42.1 Å². The van der Waals surface area contributed by atoms with Crippen LogP contribution in [0.4, 0.5) is 5.69 Å². The number of nitrogens with one attached hydrogen (secondary N) is 1. The molecule has 2 aromatic heterocycles. The Morgan fingerprint density at radius 3 is 2.56 bits per heavy atom. The second-order valence-electron chi connectivity index (χ2n) is 8.57. The van der Waals surface area contributed by atoms with Crippen molar-refractivity contribution in [3.63, 3.8) is 0 Å². The van der Waals surface area contributed by atoms with E-state index in [9.17, 15) is 9.59 Å². The zero-order valence-electron chi connectivity index (χ0n) is 19.0. The molecule has 0 radical (unpaired) electrons. The molecule has 1 N–H and O–H groups in total. The number of carbonyl (C=O) groups is 2. The van der Waals surface area contributed by atoms with E-state index in [4.69, 9.17) is 0 Å². The molecule has 0 bridgehead atoms. The lowest BCUT2D eigenvalue weighted by Crippen LogP contribution is -2.38. The molecular formula is C24H30N6O2. The van der Waals surface area contributed by atoms with Crippen LogP contribution in [0.5, 0.6) is 0 Å². The summed E-state index contributed by atoms with van der Waals surface area (Å²) >= 11 is 0. The Labute approximate surface area is 188 Å². The van der Waals surface area contributed by atoms with Crippen LogP contribution >= 0.6 is 0 Å². The number of aryl methyl sites for hydroxylation is 2. The number of hydrogen-bond acceptors (Lipinski definition) is 5. The number of fused-ring (bicyclic) bond motifs is 1. The highest BCUT2D eigenvalue weighted by Crippen LogP contribution is 2.23. The van der Waals surface area contributed by atoms with Crippen molar-refractivity contribution in [3.8, 4) is 0 Å². The van der Waals surface area contributed by atoms with Crippen LogP contribution in [0.25, 0.3) is 5.78 Å². The van der Waals surface area contributed by atoms with Crippen LogP contribution in [0.3, 0.4) is 0 Å². The van der Waals surface area contributed by atoms with Crippen molar-refractivity contribution in [1.29, 1.82) is 0 Å². The summed E-state index contributed by atoms with van der Waals surface area (Å²) in [6.45, 7) is 3.89. The molecular weight excluding hydrogens is 404 g/mol. The van der Waals surface area contributed by atoms with E-state index >= 15 is 0 Å². The fourth-order valence-electron chi connectivity index (χ4n) is 4.51. The zero-order chi connectivity index (χ0) is 22.7. The summed E-state index contributed by atoms with van der Waals surface area (Å²) in [5, 5.41) is 7.11. The third-order valence-electron chi connectivity index (χ3n) is 6.45. The summed E-state index contributed by atoms with van der Waals surface area (Å²) < 4.78 is 1.69. The second-order valence-corrected chi connectivity index (χ2v) is 8.57. The normalized spacial score (nSPS) is 14.5. The molecule has 0 unspecified atom stereocenters. The summed E-state index contributed by atoms with van der Waals surface area (Å²) in [4.78, 5) is 35.8. The maximum Gasteiger partial charge on any atom is 0.253 e. The van der Waals surface area contributed by atoms with Crippen LogP contribution < -0.4 is 5.32 Å². The number of anilines is 1. The first-order valence-electron chi connectivity index (χ1n) is 11.3. The van der Waals surface area contributed by atoms with E-state index in [1.54, 1.807) is 28.8 Å². The second kappa shape index (κ2) is 9.46. The Balaban J connectivity index is 1.34. The first-order valence-corrected chi connectivity index (χ1v) is 11.3. The molecule has 8 nitrogen and oxygen atoms in total. The summed E-state index contributed by atoms with van der Waals surface area (Å²) in [5.74, 6) is 0.523. The first kappa shape index (κ1) is 21.9. The molecule has 8 heteroatoms. The maximum atomic E-state index is 12.8. The first-order chi connectivity index (χ1) is 15.4.